The monoisotopic (exact) mass is 264 g/mol. The molecule has 1 aromatic carbocycles. The number of methoxy groups -OCH3 is 1. The zero-order valence-corrected chi connectivity index (χ0v) is 11.7. The van der Waals surface area contributed by atoms with E-state index in [4.69, 9.17) is 10.5 Å². The van der Waals surface area contributed by atoms with Gasteiger partial charge in [0.15, 0.2) is 0 Å². The highest BCUT2D eigenvalue weighted by Crippen LogP contribution is 2.17. The molecule has 0 unspecified atom stereocenters. The highest BCUT2D eigenvalue weighted by Gasteiger charge is 2.03. The van der Waals surface area contributed by atoms with Crippen molar-refractivity contribution >= 4 is 5.91 Å². The largest absolute Gasteiger partial charge is 0.496 e. The molecule has 0 heterocycles. The minimum absolute atomic E-state index is 0.118. The summed E-state index contributed by atoms with van der Waals surface area (Å²) in [4.78, 5) is 11.6. The summed E-state index contributed by atoms with van der Waals surface area (Å²) < 4.78 is 5.27. The van der Waals surface area contributed by atoms with E-state index in [1.54, 1.807) is 7.11 Å². The first-order valence-electron chi connectivity index (χ1n) is 6.86. The van der Waals surface area contributed by atoms with Gasteiger partial charge in [0, 0.05) is 13.0 Å². The number of hydrogen-bond acceptors (Lipinski definition) is 3. The first-order chi connectivity index (χ1) is 9.27. The first-order valence-corrected chi connectivity index (χ1v) is 6.86. The molecule has 0 aromatic heterocycles. The van der Waals surface area contributed by atoms with Crippen molar-refractivity contribution in [1.82, 2.24) is 5.32 Å². The van der Waals surface area contributed by atoms with Crippen LogP contribution in [0.2, 0.25) is 0 Å². The molecule has 3 N–H and O–H groups in total. The van der Waals surface area contributed by atoms with Gasteiger partial charge in [0.1, 0.15) is 5.75 Å². The fraction of sp³-hybridized carbons (Fsp3) is 0.533. The topological polar surface area (TPSA) is 64.3 Å². The highest BCUT2D eigenvalue weighted by molar-refractivity contribution is 5.75. The number of nitrogens with one attached hydrogen (secondary N) is 1. The molecule has 1 amide bonds. The van der Waals surface area contributed by atoms with Crippen molar-refractivity contribution in [3.63, 3.8) is 0 Å². The number of carbonyl (C=O) groups excluding carboxylic acids is 1. The van der Waals surface area contributed by atoms with Gasteiger partial charge in [-0.2, -0.15) is 0 Å². The zero-order valence-electron chi connectivity index (χ0n) is 11.7. The third-order valence-corrected chi connectivity index (χ3v) is 3.02. The van der Waals surface area contributed by atoms with Gasteiger partial charge in [-0.05, 0) is 37.4 Å². The van der Waals surface area contributed by atoms with Crippen LogP contribution in [0.15, 0.2) is 24.3 Å². The molecule has 19 heavy (non-hydrogen) atoms. The third kappa shape index (κ3) is 6.25. The number of nitrogens with two attached hydrogens (primary N) is 1. The normalized spacial score (nSPS) is 10.2. The molecule has 0 saturated heterocycles. The standard InChI is InChI=1S/C15H24N2O2/c1-19-14-8-5-4-7-13(14)10-12-17-15(18)9-3-2-6-11-16/h4-5,7-8H,2-3,6,9-12,16H2,1H3,(H,17,18). The van der Waals surface area contributed by atoms with E-state index in [1.807, 2.05) is 24.3 Å². The van der Waals surface area contributed by atoms with Crippen molar-refractivity contribution in [2.45, 2.75) is 32.1 Å². The van der Waals surface area contributed by atoms with Gasteiger partial charge in [-0.1, -0.05) is 24.6 Å². The molecule has 0 radical (unpaired) electrons. The quantitative estimate of drug-likeness (QED) is 0.669. The molecule has 0 fully saturated rings. The van der Waals surface area contributed by atoms with Crippen LogP contribution in [0.25, 0.3) is 0 Å². The van der Waals surface area contributed by atoms with Crippen molar-refractivity contribution in [1.29, 1.82) is 0 Å². The van der Waals surface area contributed by atoms with Crippen molar-refractivity contribution in [2.24, 2.45) is 5.73 Å². The first kappa shape index (κ1) is 15.5. The van der Waals surface area contributed by atoms with E-state index in [1.165, 1.54) is 0 Å². The van der Waals surface area contributed by atoms with Crippen molar-refractivity contribution in [3.8, 4) is 5.75 Å². The van der Waals surface area contributed by atoms with Crippen LogP contribution in [0.5, 0.6) is 5.75 Å². The molecule has 0 spiro atoms. The molecule has 4 heteroatoms. The maximum Gasteiger partial charge on any atom is 0.220 e. The summed E-state index contributed by atoms with van der Waals surface area (Å²) in [5.41, 5.74) is 6.52. The Labute approximate surface area is 115 Å². The fourth-order valence-corrected chi connectivity index (χ4v) is 1.94. The molecule has 1 aromatic rings. The Kier molecular flexibility index (Phi) is 7.66. The predicted octanol–water partition coefficient (Wildman–Crippen LogP) is 1.87. The Morgan fingerprint density at radius 3 is 2.79 bits per heavy atom. The third-order valence-electron chi connectivity index (χ3n) is 3.02. The van der Waals surface area contributed by atoms with Crippen LogP contribution in [-0.4, -0.2) is 26.1 Å². The van der Waals surface area contributed by atoms with E-state index >= 15 is 0 Å². The molecule has 0 saturated carbocycles. The Morgan fingerprint density at radius 1 is 1.26 bits per heavy atom. The predicted molar refractivity (Wildman–Crippen MR) is 77.2 cm³/mol. The number of amides is 1. The minimum atomic E-state index is 0.118. The van der Waals surface area contributed by atoms with Gasteiger partial charge in [0.25, 0.3) is 0 Å². The maximum absolute atomic E-state index is 11.6. The van der Waals surface area contributed by atoms with Crippen LogP contribution in [0, 0.1) is 0 Å². The number of carbonyl (C=O) groups is 1. The van der Waals surface area contributed by atoms with Gasteiger partial charge in [-0.15, -0.1) is 0 Å². The van der Waals surface area contributed by atoms with E-state index in [0.29, 0.717) is 19.5 Å². The van der Waals surface area contributed by atoms with Crippen LogP contribution in [0.4, 0.5) is 0 Å². The van der Waals surface area contributed by atoms with Gasteiger partial charge in [-0.25, -0.2) is 0 Å². The second-order valence-corrected chi connectivity index (χ2v) is 4.51. The molecular formula is C15H24N2O2. The molecule has 0 atom stereocenters. The van der Waals surface area contributed by atoms with E-state index in [-0.39, 0.29) is 5.91 Å². The van der Waals surface area contributed by atoms with Gasteiger partial charge < -0.3 is 15.8 Å². The molecule has 0 aliphatic heterocycles. The second-order valence-electron chi connectivity index (χ2n) is 4.51. The summed E-state index contributed by atoms with van der Waals surface area (Å²) >= 11 is 0. The van der Waals surface area contributed by atoms with E-state index in [0.717, 1.165) is 37.0 Å². The van der Waals surface area contributed by atoms with E-state index in [9.17, 15) is 4.79 Å². The summed E-state index contributed by atoms with van der Waals surface area (Å²) in [7, 11) is 1.66. The van der Waals surface area contributed by atoms with Crippen LogP contribution >= 0.6 is 0 Å². The van der Waals surface area contributed by atoms with E-state index < -0.39 is 0 Å². The summed E-state index contributed by atoms with van der Waals surface area (Å²) in [5, 5.41) is 2.93. The van der Waals surface area contributed by atoms with Crippen LogP contribution in [-0.2, 0) is 11.2 Å². The number of ether oxygens (including phenoxy) is 1. The average Bonchev–Trinajstić information content (AvgIpc) is 2.44. The van der Waals surface area contributed by atoms with Crippen LogP contribution in [0.3, 0.4) is 0 Å². The lowest BCUT2D eigenvalue weighted by atomic mass is 10.1. The van der Waals surface area contributed by atoms with Gasteiger partial charge >= 0.3 is 0 Å². The fourth-order valence-electron chi connectivity index (χ4n) is 1.94. The Bertz CT molecular complexity index is 380. The van der Waals surface area contributed by atoms with Gasteiger partial charge in [0.05, 0.1) is 7.11 Å². The van der Waals surface area contributed by atoms with E-state index in [2.05, 4.69) is 5.32 Å². The van der Waals surface area contributed by atoms with Crippen LogP contribution in [0.1, 0.15) is 31.2 Å². The SMILES string of the molecule is COc1ccccc1CCNC(=O)CCCCCN. The summed E-state index contributed by atoms with van der Waals surface area (Å²) in [6, 6.07) is 7.88. The van der Waals surface area contributed by atoms with Crippen molar-refractivity contribution < 1.29 is 9.53 Å². The summed E-state index contributed by atoms with van der Waals surface area (Å²) in [5.74, 6) is 0.992. The van der Waals surface area contributed by atoms with Crippen molar-refractivity contribution in [3.05, 3.63) is 29.8 Å². The number of unbranched alkanes of at least 4 members (excludes halogenated alkanes) is 2. The Morgan fingerprint density at radius 2 is 2.05 bits per heavy atom. The lowest BCUT2D eigenvalue weighted by molar-refractivity contribution is -0.121. The van der Waals surface area contributed by atoms with Crippen molar-refractivity contribution in [2.75, 3.05) is 20.2 Å². The number of rotatable bonds is 9. The highest BCUT2D eigenvalue weighted by atomic mass is 16.5. The Balaban J connectivity index is 2.20. The molecular weight excluding hydrogens is 240 g/mol. The number of benzene rings is 1. The molecule has 0 aliphatic carbocycles. The zero-order chi connectivity index (χ0) is 13.9. The number of hydrogen-bond donors (Lipinski definition) is 2. The summed E-state index contributed by atoms with van der Waals surface area (Å²) in [6.07, 6.45) is 4.31. The molecule has 106 valence electrons. The summed E-state index contributed by atoms with van der Waals surface area (Å²) in [6.45, 7) is 1.35. The molecule has 0 aliphatic rings. The maximum atomic E-state index is 11.6. The van der Waals surface area contributed by atoms with Gasteiger partial charge in [-0.3, -0.25) is 4.79 Å². The smallest absolute Gasteiger partial charge is 0.220 e. The average molecular weight is 264 g/mol. The van der Waals surface area contributed by atoms with Gasteiger partial charge in [0.2, 0.25) is 5.91 Å². The minimum Gasteiger partial charge on any atom is -0.496 e. The lowest BCUT2D eigenvalue weighted by Crippen LogP contribution is -2.25. The van der Waals surface area contributed by atoms with Crippen LogP contribution < -0.4 is 15.8 Å². The second kappa shape index (κ2) is 9.39. The lowest BCUT2D eigenvalue weighted by Gasteiger charge is -2.09. The number of para-hydroxylation sites is 1. The Hall–Kier alpha value is -1.55. The molecule has 1 rings (SSSR count). The molecule has 4 nitrogen and oxygen atoms in total. The molecule has 0 bridgehead atoms.